The topological polar surface area (TPSA) is 60.3 Å². The van der Waals surface area contributed by atoms with Crippen molar-refractivity contribution in [2.75, 3.05) is 12.4 Å². The van der Waals surface area contributed by atoms with Crippen molar-refractivity contribution in [3.63, 3.8) is 0 Å². The fourth-order valence-electron chi connectivity index (χ4n) is 2.03. The summed E-state index contributed by atoms with van der Waals surface area (Å²) >= 11 is 11.7. The molecule has 1 N–H and O–H groups in total. The van der Waals surface area contributed by atoms with E-state index < -0.39 is 30.3 Å². The molecule has 0 unspecified atom stereocenters. The molecular weight excluding hydrogens is 384 g/mol. The molecule has 0 aliphatic rings. The van der Waals surface area contributed by atoms with E-state index in [2.05, 4.69) is 5.32 Å². The molecule has 0 bridgehead atoms. The lowest BCUT2D eigenvalue weighted by Crippen LogP contribution is -2.26. The number of halogens is 5. The average Bonchev–Trinajstić information content (AvgIpc) is 2.53. The summed E-state index contributed by atoms with van der Waals surface area (Å²) in [5, 5.41) is 2.54. The van der Waals surface area contributed by atoms with Gasteiger partial charge in [-0.05, 0) is 6.07 Å². The van der Waals surface area contributed by atoms with E-state index in [1.165, 1.54) is 19.2 Å². The molecule has 134 valence electrons. The van der Waals surface area contributed by atoms with Crippen LogP contribution in [0.3, 0.4) is 0 Å². The number of nitrogens with one attached hydrogen (secondary N) is 1. The number of alkyl halides is 2. The molecule has 0 spiro atoms. The van der Waals surface area contributed by atoms with Crippen LogP contribution >= 0.6 is 23.2 Å². The van der Waals surface area contributed by atoms with Crippen molar-refractivity contribution in [1.82, 2.24) is 4.57 Å². The fraction of sp³-hybridized carbons (Fsp3) is 0.200. The minimum Gasteiger partial charge on any atom is -0.496 e. The number of ether oxygens (including phenoxy) is 1. The van der Waals surface area contributed by atoms with Gasteiger partial charge in [0, 0.05) is 18.3 Å². The lowest BCUT2D eigenvalue weighted by molar-refractivity contribution is 0.102. The van der Waals surface area contributed by atoms with Gasteiger partial charge in [0.15, 0.2) is 5.82 Å². The normalized spacial score (nSPS) is 10.8. The Morgan fingerprint density at radius 1 is 1.28 bits per heavy atom. The number of benzene rings is 1. The molecule has 0 saturated heterocycles. The van der Waals surface area contributed by atoms with Crippen molar-refractivity contribution in [1.29, 1.82) is 0 Å². The third-order valence-corrected chi connectivity index (χ3v) is 3.84. The predicted molar refractivity (Wildman–Crippen MR) is 87.6 cm³/mol. The number of pyridine rings is 1. The minimum absolute atomic E-state index is 0.0103. The first kappa shape index (κ1) is 19.1. The van der Waals surface area contributed by atoms with Gasteiger partial charge in [0.2, 0.25) is 0 Å². The lowest BCUT2D eigenvalue weighted by Gasteiger charge is -2.12. The van der Waals surface area contributed by atoms with Gasteiger partial charge < -0.3 is 14.6 Å². The Morgan fingerprint density at radius 2 is 1.92 bits per heavy atom. The summed E-state index contributed by atoms with van der Waals surface area (Å²) < 4.78 is 44.0. The van der Waals surface area contributed by atoms with Crippen molar-refractivity contribution in [3.8, 4) is 5.75 Å². The number of amides is 1. The summed E-state index contributed by atoms with van der Waals surface area (Å²) in [6.07, 6.45) is -1.95. The van der Waals surface area contributed by atoms with E-state index in [0.717, 1.165) is 12.3 Å². The third-order valence-electron chi connectivity index (χ3n) is 3.12. The summed E-state index contributed by atoms with van der Waals surface area (Å²) in [6.45, 7) is -1.00. The van der Waals surface area contributed by atoms with Gasteiger partial charge in [-0.15, -0.1) is 0 Å². The number of anilines is 1. The van der Waals surface area contributed by atoms with Crippen molar-refractivity contribution >= 4 is 34.8 Å². The highest BCUT2D eigenvalue weighted by atomic mass is 35.5. The van der Waals surface area contributed by atoms with E-state index >= 15 is 0 Å². The Hall–Kier alpha value is -2.19. The maximum absolute atomic E-state index is 13.6. The average molecular weight is 395 g/mol. The van der Waals surface area contributed by atoms with Crippen LogP contribution in [0.25, 0.3) is 0 Å². The Labute approximate surface area is 149 Å². The van der Waals surface area contributed by atoms with E-state index in [4.69, 9.17) is 27.9 Å². The molecule has 1 aromatic carbocycles. The van der Waals surface area contributed by atoms with Crippen LogP contribution in [-0.4, -0.2) is 24.0 Å². The number of hydrogen-bond donors (Lipinski definition) is 1. The van der Waals surface area contributed by atoms with Gasteiger partial charge in [-0.2, -0.15) is 0 Å². The van der Waals surface area contributed by atoms with Gasteiger partial charge in [0.05, 0.1) is 35.0 Å². The standard InChI is InChI=1S/C15H11Cl2F3N2O3/c1-25-12-4-10(17)9(16)3-8(12)14(23)21-7-2-11(18)15(24)22(5-7)6-13(19)20/h2-5,13H,6H2,1H3,(H,21,23). The zero-order valence-corrected chi connectivity index (χ0v) is 14.2. The predicted octanol–water partition coefficient (Wildman–Crippen LogP) is 3.82. The first-order valence-corrected chi connectivity index (χ1v) is 7.51. The van der Waals surface area contributed by atoms with Crippen LogP contribution in [0.5, 0.6) is 5.75 Å². The molecule has 0 atom stereocenters. The van der Waals surface area contributed by atoms with Gasteiger partial charge in [0.1, 0.15) is 5.75 Å². The van der Waals surface area contributed by atoms with Crippen LogP contribution in [0.4, 0.5) is 18.9 Å². The Balaban J connectivity index is 2.37. The number of nitrogens with zero attached hydrogens (tertiary/aromatic N) is 1. The second-order valence-electron chi connectivity index (χ2n) is 4.85. The summed E-state index contributed by atoms with van der Waals surface area (Å²) in [6, 6.07) is 3.28. The first-order valence-electron chi connectivity index (χ1n) is 6.75. The molecule has 2 rings (SSSR count). The molecule has 1 aromatic heterocycles. The van der Waals surface area contributed by atoms with Crippen molar-refractivity contribution in [3.05, 3.63) is 56.2 Å². The summed E-state index contributed by atoms with van der Waals surface area (Å²) in [5.41, 5.74) is -1.41. The lowest BCUT2D eigenvalue weighted by atomic mass is 10.2. The Kier molecular flexibility index (Phi) is 5.97. The van der Waals surface area contributed by atoms with E-state index in [9.17, 15) is 22.8 Å². The molecule has 25 heavy (non-hydrogen) atoms. The zero-order valence-electron chi connectivity index (χ0n) is 12.7. The number of carbonyl (C=O) groups is 1. The highest BCUT2D eigenvalue weighted by molar-refractivity contribution is 6.42. The SMILES string of the molecule is COc1cc(Cl)c(Cl)cc1C(=O)Nc1cc(F)c(=O)n(CC(F)F)c1. The molecule has 0 radical (unpaired) electrons. The number of methoxy groups -OCH3 is 1. The van der Waals surface area contributed by atoms with Gasteiger partial charge in [0.25, 0.3) is 17.9 Å². The van der Waals surface area contributed by atoms with Crippen molar-refractivity contribution in [2.45, 2.75) is 13.0 Å². The molecule has 0 aliphatic heterocycles. The highest BCUT2D eigenvalue weighted by Crippen LogP contribution is 2.31. The van der Waals surface area contributed by atoms with Gasteiger partial charge in [-0.25, -0.2) is 13.2 Å². The van der Waals surface area contributed by atoms with Gasteiger partial charge in [-0.3, -0.25) is 9.59 Å². The minimum atomic E-state index is -2.86. The largest absolute Gasteiger partial charge is 0.496 e. The summed E-state index contributed by atoms with van der Waals surface area (Å²) in [5.74, 6) is -1.93. The molecule has 1 amide bonds. The molecule has 0 fully saturated rings. The number of carbonyl (C=O) groups excluding carboxylic acids is 1. The summed E-state index contributed by atoms with van der Waals surface area (Å²) in [7, 11) is 1.30. The molecular formula is C15H11Cl2F3N2O3. The van der Waals surface area contributed by atoms with Crippen LogP contribution < -0.4 is 15.6 Å². The molecule has 10 heteroatoms. The smallest absolute Gasteiger partial charge is 0.286 e. The number of hydrogen-bond acceptors (Lipinski definition) is 3. The number of aromatic nitrogens is 1. The second kappa shape index (κ2) is 7.79. The van der Waals surface area contributed by atoms with Crippen LogP contribution in [0.15, 0.2) is 29.2 Å². The van der Waals surface area contributed by atoms with E-state index in [1.807, 2.05) is 0 Å². The van der Waals surface area contributed by atoms with Crippen LogP contribution in [0.2, 0.25) is 10.0 Å². The maximum atomic E-state index is 13.6. The second-order valence-corrected chi connectivity index (χ2v) is 5.66. The fourth-order valence-corrected chi connectivity index (χ4v) is 2.34. The molecule has 2 aromatic rings. The third kappa shape index (κ3) is 4.46. The summed E-state index contributed by atoms with van der Waals surface area (Å²) in [4.78, 5) is 23.8. The Bertz CT molecular complexity index is 872. The number of rotatable bonds is 5. The van der Waals surface area contributed by atoms with Gasteiger partial charge in [-0.1, -0.05) is 23.2 Å². The maximum Gasteiger partial charge on any atom is 0.286 e. The van der Waals surface area contributed by atoms with Crippen LogP contribution in [0.1, 0.15) is 10.4 Å². The van der Waals surface area contributed by atoms with E-state index in [-0.39, 0.29) is 27.0 Å². The molecule has 5 nitrogen and oxygen atoms in total. The molecule has 1 heterocycles. The molecule has 0 saturated carbocycles. The zero-order chi connectivity index (χ0) is 18.7. The van der Waals surface area contributed by atoms with Crippen LogP contribution in [0, 0.1) is 5.82 Å². The van der Waals surface area contributed by atoms with Crippen molar-refractivity contribution in [2.24, 2.45) is 0 Å². The van der Waals surface area contributed by atoms with E-state index in [0.29, 0.717) is 4.57 Å². The Morgan fingerprint density at radius 3 is 2.52 bits per heavy atom. The van der Waals surface area contributed by atoms with Gasteiger partial charge >= 0.3 is 0 Å². The first-order chi connectivity index (χ1) is 11.7. The monoisotopic (exact) mass is 394 g/mol. The quantitative estimate of drug-likeness (QED) is 0.838. The van der Waals surface area contributed by atoms with Crippen LogP contribution in [-0.2, 0) is 6.54 Å². The van der Waals surface area contributed by atoms with Crippen molar-refractivity contribution < 1.29 is 22.7 Å². The molecule has 0 aliphatic carbocycles. The van der Waals surface area contributed by atoms with E-state index in [1.54, 1.807) is 0 Å². The highest BCUT2D eigenvalue weighted by Gasteiger charge is 2.17.